The molecule has 1 N–H and O–H groups in total. The van der Waals surface area contributed by atoms with Crippen molar-refractivity contribution in [1.29, 1.82) is 0 Å². The van der Waals surface area contributed by atoms with Crippen LogP contribution in [-0.4, -0.2) is 13.1 Å². The average molecular weight is 243 g/mol. The van der Waals surface area contributed by atoms with Gasteiger partial charge in [-0.15, -0.1) is 0 Å². The summed E-state index contributed by atoms with van der Waals surface area (Å²) in [6.45, 7) is 2.34. The molecule has 18 heavy (non-hydrogen) atoms. The second kappa shape index (κ2) is 6.75. The van der Waals surface area contributed by atoms with Crippen LogP contribution < -0.4 is 5.32 Å². The van der Waals surface area contributed by atoms with Gasteiger partial charge in [-0.2, -0.15) is 0 Å². The van der Waals surface area contributed by atoms with Crippen molar-refractivity contribution < 1.29 is 0 Å². The molecule has 2 unspecified atom stereocenters. The molecule has 0 aliphatic heterocycles. The Morgan fingerprint density at radius 1 is 1.06 bits per heavy atom. The van der Waals surface area contributed by atoms with E-state index >= 15 is 0 Å². The van der Waals surface area contributed by atoms with Gasteiger partial charge in [0.2, 0.25) is 0 Å². The molecule has 0 amide bonds. The van der Waals surface area contributed by atoms with Gasteiger partial charge in [-0.05, 0) is 38.3 Å². The molecular weight excluding hydrogens is 218 g/mol. The summed E-state index contributed by atoms with van der Waals surface area (Å²) in [7, 11) is 2.09. The minimum atomic E-state index is 0.491. The third-order valence-corrected chi connectivity index (χ3v) is 4.11. The van der Waals surface area contributed by atoms with Gasteiger partial charge in [-0.3, -0.25) is 0 Å². The topological polar surface area (TPSA) is 12.0 Å². The highest BCUT2D eigenvalue weighted by atomic mass is 14.9. The van der Waals surface area contributed by atoms with Crippen LogP contribution in [0.1, 0.15) is 50.5 Å². The quantitative estimate of drug-likeness (QED) is 0.779. The normalized spacial score (nSPS) is 19.8. The van der Waals surface area contributed by atoms with Gasteiger partial charge < -0.3 is 5.32 Å². The summed E-state index contributed by atoms with van der Waals surface area (Å²) in [5, 5.41) is 3.53. The number of benzene rings is 1. The fourth-order valence-electron chi connectivity index (χ4n) is 3.03. The van der Waals surface area contributed by atoms with Crippen LogP contribution in [0.5, 0.6) is 0 Å². The molecule has 1 aliphatic carbocycles. The number of hydrogen-bond donors (Lipinski definition) is 1. The number of hydrogen-bond acceptors (Lipinski definition) is 1. The minimum Gasteiger partial charge on any atom is -0.313 e. The largest absolute Gasteiger partial charge is 0.313 e. The maximum Gasteiger partial charge on any atom is 0.0343 e. The molecule has 98 valence electrons. The van der Waals surface area contributed by atoms with Gasteiger partial charge >= 0.3 is 0 Å². The molecule has 0 bridgehead atoms. The molecule has 1 aliphatic rings. The maximum atomic E-state index is 3.53. The van der Waals surface area contributed by atoms with Crippen LogP contribution in [0.2, 0.25) is 0 Å². The fourth-order valence-corrected chi connectivity index (χ4v) is 3.03. The minimum absolute atomic E-state index is 0.491. The SMILES string of the molecule is CNC(C1=CCCCCC1)C(C)c1ccccc1. The van der Waals surface area contributed by atoms with E-state index in [-0.39, 0.29) is 0 Å². The van der Waals surface area contributed by atoms with E-state index in [4.69, 9.17) is 0 Å². The summed E-state index contributed by atoms with van der Waals surface area (Å²) < 4.78 is 0. The molecule has 0 aromatic heterocycles. The van der Waals surface area contributed by atoms with E-state index in [0.717, 1.165) is 0 Å². The fraction of sp³-hybridized carbons (Fsp3) is 0.529. The van der Waals surface area contributed by atoms with Crippen LogP contribution in [0.15, 0.2) is 42.0 Å². The van der Waals surface area contributed by atoms with E-state index in [1.165, 1.54) is 37.7 Å². The molecule has 0 radical (unpaired) electrons. The molecule has 2 atom stereocenters. The molecule has 1 aromatic carbocycles. The van der Waals surface area contributed by atoms with Gasteiger partial charge in [0.15, 0.2) is 0 Å². The molecule has 1 aromatic rings. The summed E-state index contributed by atoms with van der Waals surface area (Å²) in [5.74, 6) is 0.542. The van der Waals surface area contributed by atoms with Crippen molar-refractivity contribution in [2.24, 2.45) is 0 Å². The maximum absolute atomic E-state index is 3.53. The van der Waals surface area contributed by atoms with E-state index in [9.17, 15) is 0 Å². The number of rotatable bonds is 4. The second-order valence-corrected chi connectivity index (χ2v) is 5.34. The zero-order chi connectivity index (χ0) is 12.8. The van der Waals surface area contributed by atoms with Gasteiger partial charge in [-0.25, -0.2) is 0 Å². The standard InChI is InChI=1S/C17H25N/c1-14(15-10-8-5-9-11-15)17(18-2)16-12-6-3-4-7-13-16/h5,8-12,14,17-18H,3-4,6-7,13H2,1-2H3. The predicted octanol–water partition coefficient (Wildman–Crippen LogP) is 4.27. The number of nitrogens with one attached hydrogen (secondary N) is 1. The first kappa shape index (κ1) is 13.4. The van der Waals surface area contributed by atoms with E-state index in [1.54, 1.807) is 5.57 Å². The highest BCUT2D eigenvalue weighted by molar-refractivity contribution is 5.26. The average Bonchev–Trinajstić information content (AvgIpc) is 2.70. The lowest BCUT2D eigenvalue weighted by Crippen LogP contribution is -2.32. The molecule has 0 spiro atoms. The van der Waals surface area contributed by atoms with Crippen LogP contribution in [0.25, 0.3) is 0 Å². The lowest BCUT2D eigenvalue weighted by Gasteiger charge is -2.26. The van der Waals surface area contributed by atoms with Crippen LogP contribution in [-0.2, 0) is 0 Å². The molecule has 2 rings (SSSR count). The molecule has 1 nitrogen and oxygen atoms in total. The van der Waals surface area contributed by atoms with Crippen LogP contribution in [0.4, 0.5) is 0 Å². The van der Waals surface area contributed by atoms with E-state index in [2.05, 4.69) is 55.7 Å². The first-order valence-electron chi connectivity index (χ1n) is 7.24. The first-order chi connectivity index (χ1) is 8.83. The summed E-state index contributed by atoms with van der Waals surface area (Å²) in [6.07, 6.45) is 9.10. The van der Waals surface area contributed by atoms with Gasteiger partial charge in [0.25, 0.3) is 0 Å². The number of allylic oxidation sites excluding steroid dienone is 1. The summed E-state index contributed by atoms with van der Waals surface area (Å²) in [5.41, 5.74) is 3.05. The zero-order valence-electron chi connectivity index (χ0n) is 11.7. The van der Waals surface area contributed by atoms with Crippen molar-refractivity contribution in [3.8, 4) is 0 Å². The first-order valence-corrected chi connectivity index (χ1v) is 7.24. The lowest BCUT2D eigenvalue weighted by molar-refractivity contribution is 0.525. The van der Waals surface area contributed by atoms with Crippen molar-refractivity contribution in [2.45, 2.75) is 51.0 Å². The van der Waals surface area contributed by atoms with Crippen molar-refractivity contribution in [3.05, 3.63) is 47.5 Å². The van der Waals surface area contributed by atoms with E-state index in [1.807, 2.05) is 0 Å². The molecule has 0 fully saturated rings. The van der Waals surface area contributed by atoms with Gasteiger partial charge in [0, 0.05) is 12.0 Å². The Kier molecular flexibility index (Phi) is 5.00. The summed E-state index contributed by atoms with van der Waals surface area (Å²) >= 11 is 0. The molecule has 1 heteroatoms. The van der Waals surface area contributed by atoms with Crippen LogP contribution in [0, 0.1) is 0 Å². The smallest absolute Gasteiger partial charge is 0.0343 e. The van der Waals surface area contributed by atoms with E-state index < -0.39 is 0 Å². The Labute approximate surface area is 111 Å². The van der Waals surface area contributed by atoms with Crippen molar-refractivity contribution >= 4 is 0 Å². The molecule has 0 saturated carbocycles. The summed E-state index contributed by atoms with van der Waals surface area (Å²) in [6, 6.07) is 11.3. The highest BCUT2D eigenvalue weighted by Crippen LogP contribution is 2.28. The Bertz CT molecular complexity index is 380. The van der Waals surface area contributed by atoms with Gasteiger partial charge in [0.1, 0.15) is 0 Å². The van der Waals surface area contributed by atoms with Crippen LogP contribution in [0.3, 0.4) is 0 Å². The Hall–Kier alpha value is -1.08. The van der Waals surface area contributed by atoms with Gasteiger partial charge in [-0.1, -0.05) is 55.3 Å². The highest BCUT2D eigenvalue weighted by Gasteiger charge is 2.21. The summed E-state index contributed by atoms with van der Waals surface area (Å²) in [4.78, 5) is 0. The third kappa shape index (κ3) is 3.23. The Balaban J connectivity index is 2.15. The molecule has 0 saturated heterocycles. The molecule has 0 heterocycles. The van der Waals surface area contributed by atoms with Crippen LogP contribution >= 0.6 is 0 Å². The van der Waals surface area contributed by atoms with E-state index in [0.29, 0.717) is 12.0 Å². The van der Waals surface area contributed by atoms with Crippen molar-refractivity contribution in [3.63, 3.8) is 0 Å². The Morgan fingerprint density at radius 3 is 2.56 bits per heavy atom. The Morgan fingerprint density at radius 2 is 1.83 bits per heavy atom. The second-order valence-electron chi connectivity index (χ2n) is 5.34. The molecular formula is C17H25N. The van der Waals surface area contributed by atoms with Gasteiger partial charge in [0.05, 0.1) is 0 Å². The van der Waals surface area contributed by atoms with Crippen molar-refractivity contribution in [2.75, 3.05) is 7.05 Å². The zero-order valence-corrected chi connectivity index (χ0v) is 11.7. The lowest BCUT2D eigenvalue weighted by atomic mass is 9.86. The third-order valence-electron chi connectivity index (χ3n) is 4.11. The predicted molar refractivity (Wildman–Crippen MR) is 78.9 cm³/mol. The monoisotopic (exact) mass is 243 g/mol. The number of likely N-dealkylation sites (N-methyl/N-ethyl adjacent to an activating group) is 1. The van der Waals surface area contributed by atoms with Crippen molar-refractivity contribution in [1.82, 2.24) is 5.32 Å².